The summed E-state index contributed by atoms with van der Waals surface area (Å²) in [6.45, 7) is 6.93. The molecule has 0 saturated carbocycles. The van der Waals surface area contributed by atoms with Gasteiger partial charge in [0.15, 0.2) is 11.6 Å². The lowest BCUT2D eigenvalue weighted by Gasteiger charge is -2.34. The van der Waals surface area contributed by atoms with Crippen LogP contribution in [0.4, 0.5) is 0 Å². The number of ketones is 1. The lowest BCUT2D eigenvalue weighted by molar-refractivity contribution is -0.165. The fourth-order valence-corrected chi connectivity index (χ4v) is 2.32. The first-order valence-electron chi connectivity index (χ1n) is 6.66. The fraction of sp³-hybridized carbons (Fsp3) is 0.846. The molecule has 0 aromatic carbocycles. The van der Waals surface area contributed by atoms with Crippen molar-refractivity contribution in [2.75, 3.05) is 33.4 Å². The highest BCUT2D eigenvalue weighted by molar-refractivity contribution is 5.88. The van der Waals surface area contributed by atoms with Crippen molar-refractivity contribution >= 4 is 11.7 Å². The molecule has 0 aromatic heterocycles. The summed E-state index contributed by atoms with van der Waals surface area (Å²) in [6.07, 6.45) is 0.367. The van der Waals surface area contributed by atoms with E-state index in [9.17, 15) is 9.59 Å². The molecule has 1 saturated heterocycles. The summed E-state index contributed by atoms with van der Waals surface area (Å²) >= 11 is 0. The van der Waals surface area contributed by atoms with Gasteiger partial charge in [-0.25, -0.2) is 0 Å². The van der Waals surface area contributed by atoms with Crippen LogP contribution in [0.1, 0.15) is 27.2 Å². The Kier molecular flexibility index (Phi) is 5.90. The van der Waals surface area contributed by atoms with E-state index in [4.69, 9.17) is 9.47 Å². The van der Waals surface area contributed by atoms with E-state index in [2.05, 4.69) is 5.32 Å². The molecule has 6 heteroatoms. The number of hydrogen-bond donors (Lipinski definition) is 1. The molecule has 1 rings (SSSR count). The van der Waals surface area contributed by atoms with Crippen molar-refractivity contribution in [2.45, 2.75) is 39.0 Å². The molecule has 0 aliphatic carbocycles. The zero-order chi connectivity index (χ0) is 14.5. The minimum atomic E-state index is -0.774. The molecule has 0 unspecified atom stereocenters. The molecule has 1 aliphatic rings. The van der Waals surface area contributed by atoms with Crippen molar-refractivity contribution in [2.24, 2.45) is 0 Å². The van der Waals surface area contributed by atoms with Crippen LogP contribution in [0.2, 0.25) is 0 Å². The van der Waals surface area contributed by atoms with Crippen LogP contribution in [-0.4, -0.2) is 61.8 Å². The van der Waals surface area contributed by atoms with Crippen LogP contribution in [-0.2, 0) is 19.1 Å². The Morgan fingerprint density at radius 1 is 1.37 bits per heavy atom. The van der Waals surface area contributed by atoms with Gasteiger partial charge >= 0.3 is 0 Å². The van der Waals surface area contributed by atoms with Crippen molar-refractivity contribution in [1.82, 2.24) is 10.2 Å². The van der Waals surface area contributed by atoms with Crippen LogP contribution in [0.25, 0.3) is 0 Å². The Hall–Kier alpha value is -0.980. The molecular formula is C13H24N2O4. The summed E-state index contributed by atoms with van der Waals surface area (Å²) in [5.74, 6) is -0.914. The number of rotatable bonds is 7. The maximum absolute atomic E-state index is 12.0. The first-order chi connectivity index (χ1) is 8.93. The number of nitrogens with zero attached hydrogens (tertiary/aromatic N) is 1. The molecule has 1 N–H and O–H groups in total. The highest BCUT2D eigenvalue weighted by Gasteiger charge is 2.38. The zero-order valence-electron chi connectivity index (χ0n) is 12.2. The Bertz CT molecular complexity index is 327. The van der Waals surface area contributed by atoms with E-state index in [1.807, 2.05) is 13.8 Å². The topological polar surface area (TPSA) is 67.9 Å². The molecule has 0 bridgehead atoms. The molecule has 1 amide bonds. The predicted molar refractivity (Wildman–Crippen MR) is 70.7 cm³/mol. The Morgan fingerprint density at radius 2 is 1.95 bits per heavy atom. The van der Waals surface area contributed by atoms with E-state index in [0.717, 1.165) is 0 Å². The van der Waals surface area contributed by atoms with Gasteiger partial charge in [0.1, 0.15) is 0 Å². The summed E-state index contributed by atoms with van der Waals surface area (Å²) in [5.41, 5.74) is 0. The van der Waals surface area contributed by atoms with E-state index < -0.39 is 11.8 Å². The number of nitrogens with one attached hydrogen (secondary N) is 1. The quantitative estimate of drug-likeness (QED) is 0.715. The van der Waals surface area contributed by atoms with Gasteiger partial charge in [0.25, 0.3) is 0 Å². The van der Waals surface area contributed by atoms with Gasteiger partial charge in [-0.15, -0.1) is 0 Å². The van der Waals surface area contributed by atoms with E-state index >= 15 is 0 Å². The van der Waals surface area contributed by atoms with Crippen LogP contribution in [0.5, 0.6) is 0 Å². The average Bonchev–Trinajstić information content (AvgIpc) is 2.76. The number of amides is 1. The molecule has 1 fully saturated rings. The van der Waals surface area contributed by atoms with Crippen molar-refractivity contribution in [3.05, 3.63) is 0 Å². The van der Waals surface area contributed by atoms with Gasteiger partial charge < -0.3 is 19.7 Å². The molecule has 19 heavy (non-hydrogen) atoms. The number of ether oxygens (including phenoxy) is 2. The van der Waals surface area contributed by atoms with Crippen molar-refractivity contribution in [1.29, 1.82) is 0 Å². The number of carbonyl (C=O) groups is 2. The molecule has 110 valence electrons. The number of carbonyl (C=O) groups excluding carboxylic acids is 2. The van der Waals surface area contributed by atoms with Crippen LogP contribution >= 0.6 is 0 Å². The largest absolute Gasteiger partial charge is 0.348 e. The van der Waals surface area contributed by atoms with Crippen molar-refractivity contribution < 1.29 is 19.1 Å². The standard InChI is InChI=1S/C13H24N2O4/c1-5-15(12(17)9-14-4)11(10(2)16)8-13(3)18-6-7-19-13/h11,14H,5-9H2,1-4H3/t11-/m0/s1. The van der Waals surface area contributed by atoms with Crippen LogP contribution in [0.3, 0.4) is 0 Å². The molecule has 1 aliphatic heterocycles. The van der Waals surface area contributed by atoms with Crippen LogP contribution in [0, 0.1) is 0 Å². The van der Waals surface area contributed by atoms with Gasteiger partial charge in [-0.3, -0.25) is 9.59 Å². The summed E-state index contributed by atoms with van der Waals surface area (Å²) in [7, 11) is 1.71. The Balaban J connectivity index is 2.79. The monoisotopic (exact) mass is 272 g/mol. The van der Waals surface area contributed by atoms with Gasteiger partial charge in [-0.05, 0) is 27.8 Å². The third-order valence-electron chi connectivity index (χ3n) is 3.30. The Morgan fingerprint density at radius 3 is 2.37 bits per heavy atom. The number of hydrogen-bond acceptors (Lipinski definition) is 5. The number of Topliss-reactive ketones (excluding diaryl/α,β-unsaturated/α-hetero) is 1. The molecule has 0 aromatic rings. The van der Waals surface area contributed by atoms with Crippen LogP contribution < -0.4 is 5.32 Å². The smallest absolute Gasteiger partial charge is 0.237 e. The third kappa shape index (κ3) is 4.26. The first-order valence-corrected chi connectivity index (χ1v) is 6.66. The van der Waals surface area contributed by atoms with Gasteiger partial charge in [-0.1, -0.05) is 0 Å². The second kappa shape index (κ2) is 6.98. The highest BCUT2D eigenvalue weighted by Crippen LogP contribution is 2.26. The van der Waals surface area contributed by atoms with Crippen molar-refractivity contribution in [3.63, 3.8) is 0 Å². The fourth-order valence-electron chi connectivity index (χ4n) is 2.32. The molecule has 0 spiro atoms. The van der Waals surface area contributed by atoms with E-state index in [1.54, 1.807) is 11.9 Å². The molecule has 6 nitrogen and oxygen atoms in total. The minimum Gasteiger partial charge on any atom is -0.348 e. The molecule has 1 heterocycles. The predicted octanol–water partition coefficient (Wildman–Crippen LogP) is 0.165. The lowest BCUT2D eigenvalue weighted by Crippen LogP contribution is -2.50. The second-order valence-electron chi connectivity index (χ2n) is 4.87. The summed E-state index contributed by atoms with van der Waals surface area (Å²) in [4.78, 5) is 25.5. The molecular weight excluding hydrogens is 248 g/mol. The number of likely N-dealkylation sites (N-methyl/N-ethyl adjacent to an activating group) is 2. The summed E-state index contributed by atoms with van der Waals surface area (Å²) in [6, 6.07) is -0.506. The SMILES string of the molecule is CCN(C(=O)CNC)[C@@H](CC1(C)OCCO1)C(C)=O. The Labute approximate surface area is 114 Å². The van der Waals surface area contributed by atoms with E-state index in [-0.39, 0.29) is 18.2 Å². The second-order valence-corrected chi connectivity index (χ2v) is 4.87. The minimum absolute atomic E-state index is 0.0494. The summed E-state index contributed by atoms with van der Waals surface area (Å²) in [5, 5.41) is 2.81. The van der Waals surface area contributed by atoms with Gasteiger partial charge in [0.2, 0.25) is 5.91 Å². The highest BCUT2D eigenvalue weighted by atomic mass is 16.7. The van der Waals surface area contributed by atoms with Gasteiger partial charge in [-0.2, -0.15) is 0 Å². The maximum atomic E-state index is 12.0. The zero-order valence-corrected chi connectivity index (χ0v) is 12.2. The lowest BCUT2D eigenvalue weighted by atomic mass is 10.0. The van der Waals surface area contributed by atoms with Crippen LogP contribution in [0.15, 0.2) is 0 Å². The van der Waals surface area contributed by atoms with Gasteiger partial charge in [0, 0.05) is 13.0 Å². The maximum Gasteiger partial charge on any atom is 0.237 e. The first kappa shape index (κ1) is 16.1. The normalized spacial score (nSPS) is 19.2. The van der Waals surface area contributed by atoms with Gasteiger partial charge in [0.05, 0.1) is 25.8 Å². The molecule has 0 radical (unpaired) electrons. The van der Waals surface area contributed by atoms with E-state index in [0.29, 0.717) is 26.2 Å². The van der Waals surface area contributed by atoms with Crippen molar-refractivity contribution in [3.8, 4) is 0 Å². The average molecular weight is 272 g/mol. The molecule has 1 atom stereocenters. The summed E-state index contributed by atoms with van der Waals surface area (Å²) < 4.78 is 11.1. The van der Waals surface area contributed by atoms with E-state index in [1.165, 1.54) is 6.92 Å². The third-order valence-corrected chi connectivity index (χ3v) is 3.30.